The molecule has 17 heavy (non-hydrogen) atoms. The van der Waals surface area contributed by atoms with Crippen molar-refractivity contribution in [2.45, 2.75) is 20.4 Å². The van der Waals surface area contributed by atoms with Crippen LogP contribution in [-0.4, -0.2) is 14.8 Å². The molecule has 0 aliphatic heterocycles. The zero-order chi connectivity index (χ0) is 12.4. The molecule has 0 aliphatic rings. The van der Waals surface area contributed by atoms with Gasteiger partial charge in [0.1, 0.15) is 11.6 Å². The molecule has 0 aliphatic carbocycles. The summed E-state index contributed by atoms with van der Waals surface area (Å²) in [5.74, 6) is 1.59. The SMILES string of the molecule is Cc1nc(C)n(Cc2ccc(C#N)cc2Cl)n1. The predicted octanol–water partition coefficient (Wildman–Crippen LogP) is 2.47. The van der Waals surface area contributed by atoms with Crippen molar-refractivity contribution in [3.05, 3.63) is 46.0 Å². The summed E-state index contributed by atoms with van der Waals surface area (Å²) in [4.78, 5) is 4.23. The largest absolute Gasteiger partial charge is 0.246 e. The lowest BCUT2D eigenvalue weighted by Gasteiger charge is -2.05. The van der Waals surface area contributed by atoms with E-state index in [1.165, 1.54) is 0 Å². The van der Waals surface area contributed by atoms with E-state index < -0.39 is 0 Å². The molecule has 1 heterocycles. The Morgan fingerprint density at radius 3 is 2.71 bits per heavy atom. The zero-order valence-electron chi connectivity index (χ0n) is 9.61. The van der Waals surface area contributed by atoms with E-state index in [9.17, 15) is 0 Å². The fraction of sp³-hybridized carbons (Fsp3) is 0.250. The summed E-state index contributed by atoms with van der Waals surface area (Å²) in [6.45, 7) is 4.32. The Labute approximate surface area is 104 Å². The molecule has 0 bridgehead atoms. The third-order valence-electron chi connectivity index (χ3n) is 2.46. The van der Waals surface area contributed by atoms with Crippen molar-refractivity contribution in [3.63, 3.8) is 0 Å². The Kier molecular flexibility index (Phi) is 3.12. The van der Waals surface area contributed by atoms with Crippen LogP contribution < -0.4 is 0 Å². The van der Waals surface area contributed by atoms with Crippen molar-refractivity contribution < 1.29 is 0 Å². The molecule has 0 fully saturated rings. The van der Waals surface area contributed by atoms with Gasteiger partial charge in [-0.1, -0.05) is 17.7 Å². The standard InChI is InChI=1S/C12H11ClN4/c1-8-15-9(2)17(16-8)7-11-4-3-10(6-14)5-12(11)13/h3-5H,7H2,1-2H3. The fourth-order valence-corrected chi connectivity index (χ4v) is 1.86. The van der Waals surface area contributed by atoms with Crippen molar-refractivity contribution in [1.82, 2.24) is 14.8 Å². The summed E-state index contributed by atoms with van der Waals surface area (Å²) in [5.41, 5.74) is 1.49. The van der Waals surface area contributed by atoms with Gasteiger partial charge in [0, 0.05) is 5.02 Å². The van der Waals surface area contributed by atoms with Crippen LogP contribution in [0.2, 0.25) is 5.02 Å². The van der Waals surface area contributed by atoms with E-state index in [-0.39, 0.29) is 0 Å². The molecule has 5 heteroatoms. The first kappa shape index (κ1) is 11.6. The average Bonchev–Trinajstić information content (AvgIpc) is 2.60. The molecule has 1 aromatic heterocycles. The van der Waals surface area contributed by atoms with Gasteiger partial charge in [-0.05, 0) is 31.5 Å². The summed E-state index contributed by atoms with van der Waals surface area (Å²) in [7, 11) is 0. The van der Waals surface area contributed by atoms with Gasteiger partial charge in [0.05, 0.1) is 18.2 Å². The van der Waals surface area contributed by atoms with E-state index in [1.807, 2.05) is 19.9 Å². The first-order valence-corrected chi connectivity index (χ1v) is 5.54. The quantitative estimate of drug-likeness (QED) is 0.818. The third-order valence-corrected chi connectivity index (χ3v) is 2.82. The van der Waals surface area contributed by atoms with Gasteiger partial charge < -0.3 is 0 Å². The molecule has 0 atom stereocenters. The first-order valence-electron chi connectivity index (χ1n) is 5.16. The molecule has 2 aromatic rings. The number of halogens is 1. The molecular formula is C12H11ClN4. The minimum atomic E-state index is 0.560. The van der Waals surface area contributed by atoms with Crippen molar-refractivity contribution in [2.24, 2.45) is 0 Å². The summed E-state index contributed by atoms with van der Waals surface area (Å²) >= 11 is 6.10. The number of benzene rings is 1. The van der Waals surface area contributed by atoms with Gasteiger partial charge in [0.2, 0.25) is 0 Å². The lowest BCUT2D eigenvalue weighted by atomic mass is 10.1. The number of hydrogen-bond acceptors (Lipinski definition) is 3. The highest BCUT2D eigenvalue weighted by atomic mass is 35.5. The molecule has 4 nitrogen and oxygen atoms in total. The van der Waals surface area contributed by atoms with Crippen molar-refractivity contribution in [3.8, 4) is 6.07 Å². The number of aromatic nitrogens is 3. The lowest BCUT2D eigenvalue weighted by Crippen LogP contribution is -2.04. The summed E-state index contributed by atoms with van der Waals surface area (Å²) in [5, 5.41) is 13.6. The van der Waals surface area contributed by atoms with E-state index in [0.29, 0.717) is 17.1 Å². The van der Waals surface area contributed by atoms with Gasteiger partial charge in [0.15, 0.2) is 0 Å². The van der Waals surface area contributed by atoms with Crippen LogP contribution >= 0.6 is 11.6 Å². The smallest absolute Gasteiger partial charge is 0.147 e. The Morgan fingerprint density at radius 1 is 1.41 bits per heavy atom. The maximum atomic E-state index is 8.75. The second kappa shape index (κ2) is 4.56. The second-order valence-corrected chi connectivity index (χ2v) is 4.19. The molecule has 86 valence electrons. The Hall–Kier alpha value is -1.86. The maximum absolute atomic E-state index is 8.75. The van der Waals surface area contributed by atoms with Crippen LogP contribution in [-0.2, 0) is 6.54 Å². The zero-order valence-corrected chi connectivity index (χ0v) is 10.4. The molecule has 0 unspecified atom stereocenters. The summed E-state index contributed by atoms with van der Waals surface area (Å²) in [6, 6.07) is 7.31. The van der Waals surface area contributed by atoms with E-state index in [0.717, 1.165) is 17.2 Å². The molecule has 2 rings (SSSR count). The Bertz CT molecular complexity index is 595. The number of nitrogens with zero attached hydrogens (tertiary/aromatic N) is 4. The van der Waals surface area contributed by atoms with Crippen LogP contribution in [0.1, 0.15) is 22.8 Å². The van der Waals surface area contributed by atoms with Crippen LogP contribution in [0.4, 0.5) is 0 Å². The van der Waals surface area contributed by atoms with Gasteiger partial charge in [0.25, 0.3) is 0 Å². The normalized spacial score (nSPS) is 10.2. The third kappa shape index (κ3) is 2.45. The van der Waals surface area contributed by atoms with Gasteiger partial charge in [-0.25, -0.2) is 9.67 Å². The minimum Gasteiger partial charge on any atom is -0.246 e. The molecule has 0 radical (unpaired) electrons. The van der Waals surface area contributed by atoms with Crippen molar-refractivity contribution in [1.29, 1.82) is 5.26 Å². The molecule has 0 spiro atoms. The van der Waals surface area contributed by atoms with E-state index in [2.05, 4.69) is 16.2 Å². The minimum absolute atomic E-state index is 0.560. The summed E-state index contributed by atoms with van der Waals surface area (Å²) in [6.07, 6.45) is 0. The molecule has 0 N–H and O–H groups in total. The highest BCUT2D eigenvalue weighted by molar-refractivity contribution is 6.31. The van der Waals surface area contributed by atoms with E-state index in [1.54, 1.807) is 16.8 Å². The topological polar surface area (TPSA) is 54.5 Å². The average molecular weight is 247 g/mol. The van der Waals surface area contributed by atoms with Gasteiger partial charge in [-0.15, -0.1) is 0 Å². The first-order chi connectivity index (χ1) is 8.10. The number of rotatable bonds is 2. The van der Waals surface area contributed by atoms with Gasteiger partial charge in [-0.2, -0.15) is 10.4 Å². The number of aryl methyl sites for hydroxylation is 2. The highest BCUT2D eigenvalue weighted by Gasteiger charge is 2.07. The van der Waals surface area contributed by atoms with Crippen LogP contribution in [0.3, 0.4) is 0 Å². The van der Waals surface area contributed by atoms with Crippen molar-refractivity contribution >= 4 is 11.6 Å². The molecule has 0 saturated heterocycles. The number of hydrogen-bond donors (Lipinski definition) is 0. The molecular weight excluding hydrogens is 236 g/mol. The van der Waals surface area contributed by atoms with Crippen LogP contribution in [0.5, 0.6) is 0 Å². The number of nitriles is 1. The monoisotopic (exact) mass is 246 g/mol. The lowest BCUT2D eigenvalue weighted by molar-refractivity contribution is 0.656. The molecule has 1 aromatic carbocycles. The molecule has 0 saturated carbocycles. The van der Waals surface area contributed by atoms with Crippen LogP contribution in [0.15, 0.2) is 18.2 Å². The second-order valence-electron chi connectivity index (χ2n) is 3.78. The van der Waals surface area contributed by atoms with Crippen LogP contribution in [0.25, 0.3) is 0 Å². The predicted molar refractivity (Wildman–Crippen MR) is 64.8 cm³/mol. The summed E-state index contributed by atoms with van der Waals surface area (Å²) < 4.78 is 1.79. The van der Waals surface area contributed by atoms with E-state index in [4.69, 9.17) is 16.9 Å². The van der Waals surface area contributed by atoms with Crippen molar-refractivity contribution in [2.75, 3.05) is 0 Å². The Morgan fingerprint density at radius 2 is 2.18 bits per heavy atom. The molecule has 0 amide bonds. The fourth-order valence-electron chi connectivity index (χ4n) is 1.62. The van der Waals surface area contributed by atoms with Gasteiger partial charge in [-0.3, -0.25) is 0 Å². The van der Waals surface area contributed by atoms with E-state index >= 15 is 0 Å². The maximum Gasteiger partial charge on any atom is 0.147 e. The highest BCUT2D eigenvalue weighted by Crippen LogP contribution is 2.18. The van der Waals surface area contributed by atoms with Gasteiger partial charge >= 0.3 is 0 Å². The Balaban J connectivity index is 2.31. The van der Waals surface area contributed by atoms with Crippen LogP contribution in [0, 0.1) is 25.2 Å².